The van der Waals surface area contributed by atoms with Gasteiger partial charge in [-0.25, -0.2) is 4.79 Å². The normalized spacial score (nSPS) is 11.4. The maximum atomic E-state index is 12.5. The maximum absolute atomic E-state index is 12.5. The van der Waals surface area contributed by atoms with Crippen LogP contribution in [-0.2, 0) is 4.79 Å². The van der Waals surface area contributed by atoms with E-state index in [9.17, 15) is 24.5 Å². The average Bonchev–Trinajstić information content (AvgIpc) is 2.81. The van der Waals surface area contributed by atoms with E-state index in [-0.39, 0.29) is 27.7 Å². The maximum Gasteiger partial charge on any atom is 0.337 e. The third-order valence-electron chi connectivity index (χ3n) is 4.60. The van der Waals surface area contributed by atoms with E-state index in [1.165, 1.54) is 54.2 Å². The molecule has 0 bridgehead atoms. The number of nitro benzene ring substituents is 1. The van der Waals surface area contributed by atoms with Gasteiger partial charge in [-0.1, -0.05) is 11.6 Å². The van der Waals surface area contributed by atoms with Crippen LogP contribution in [0, 0.1) is 10.1 Å². The Morgan fingerprint density at radius 2 is 1.59 bits per heavy atom. The molecule has 9 nitrogen and oxygen atoms in total. The van der Waals surface area contributed by atoms with Crippen molar-refractivity contribution in [3.05, 3.63) is 93.0 Å². The Bertz CT molecular complexity index is 1250. The van der Waals surface area contributed by atoms with Crippen molar-refractivity contribution < 1.29 is 24.4 Å². The van der Waals surface area contributed by atoms with Crippen molar-refractivity contribution in [3.8, 4) is 0 Å². The first-order valence-electron chi connectivity index (χ1n) is 9.80. The molecule has 0 saturated carbocycles. The van der Waals surface area contributed by atoms with E-state index in [1.807, 2.05) is 0 Å². The highest BCUT2D eigenvalue weighted by Crippen LogP contribution is 2.27. The first kappa shape index (κ1) is 24.7. The average molecular weight is 500 g/mol. The zero-order chi connectivity index (χ0) is 24.8. The molecular formula is C23H18ClN3O6S. The molecule has 0 fully saturated rings. The smallest absolute Gasteiger partial charge is 0.337 e. The zero-order valence-electron chi connectivity index (χ0n) is 17.7. The molecule has 0 heterocycles. The van der Waals surface area contributed by atoms with Crippen LogP contribution >= 0.6 is 23.4 Å². The molecule has 0 aliphatic heterocycles. The summed E-state index contributed by atoms with van der Waals surface area (Å²) in [5.41, 5.74) is 0.916. The number of carbonyl (C=O) groups is 3. The molecule has 3 aromatic carbocycles. The molecule has 2 amide bonds. The lowest BCUT2D eigenvalue weighted by Gasteiger charge is -2.13. The van der Waals surface area contributed by atoms with Gasteiger partial charge in [-0.2, -0.15) is 0 Å². The van der Waals surface area contributed by atoms with Crippen molar-refractivity contribution in [1.82, 2.24) is 0 Å². The van der Waals surface area contributed by atoms with Crippen molar-refractivity contribution in [2.75, 3.05) is 10.6 Å². The lowest BCUT2D eigenvalue weighted by Crippen LogP contribution is -2.22. The lowest BCUT2D eigenvalue weighted by atomic mass is 10.2. The molecule has 3 N–H and O–H groups in total. The second-order valence-corrected chi connectivity index (χ2v) is 8.85. The number of halogens is 1. The first-order valence-corrected chi connectivity index (χ1v) is 11.1. The number of carboxylic acids is 1. The van der Waals surface area contributed by atoms with Crippen LogP contribution in [0.25, 0.3) is 0 Å². The number of nitrogens with zero attached hydrogens (tertiary/aromatic N) is 1. The van der Waals surface area contributed by atoms with Gasteiger partial charge < -0.3 is 15.7 Å². The molecule has 0 aliphatic rings. The summed E-state index contributed by atoms with van der Waals surface area (Å²) in [4.78, 5) is 47.0. The molecule has 0 aliphatic carbocycles. The first-order chi connectivity index (χ1) is 16.1. The molecule has 0 spiro atoms. The monoisotopic (exact) mass is 499 g/mol. The minimum atomic E-state index is -1.19. The van der Waals surface area contributed by atoms with Gasteiger partial charge in [-0.15, -0.1) is 11.8 Å². The van der Waals surface area contributed by atoms with Gasteiger partial charge >= 0.3 is 5.97 Å². The standard InChI is InChI=1S/C23H18ClN3O6S/c1-13(21(28)26-16-6-11-20(24)19(12-16)23(30)31)34-18-9-4-15(5-10-18)25-22(29)14-2-7-17(8-3-14)27(32)33/h2-13H,1H3,(H,25,29)(H,26,28)(H,30,31). The number of benzene rings is 3. The molecule has 11 heteroatoms. The highest BCUT2D eigenvalue weighted by Gasteiger charge is 2.17. The van der Waals surface area contributed by atoms with Crippen LogP contribution in [-0.4, -0.2) is 33.1 Å². The van der Waals surface area contributed by atoms with Crippen molar-refractivity contribution in [3.63, 3.8) is 0 Å². The minimum Gasteiger partial charge on any atom is -0.478 e. The SMILES string of the molecule is CC(Sc1ccc(NC(=O)c2ccc([N+](=O)[O-])cc2)cc1)C(=O)Nc1ccc(Cl)c(C(=O)O)c1. The van der Waals surface area contributed by atoms with Crippen molar-refractivity contribution in [2.24, 2.45) is 0 Å². The Balaban J connectivity index is 1.57. The van der Waals surface area contributed by atoms with Crippen LogP contribution in [0.4, 0.5) is 17.1 Å². The molecule has 174 valence electrons. The van der Waals surface area contributed by atoms with Crippen molar-refractivity contribution in [2.45, 2.75) is 17.1 Å². The lowest BCUT2D eigenvalue weighted by molar-refractivity contribution is -0.384. The summed E-state index contributed by atoms with van der Waals surface area (Å²) in [7, 11) is 0. The van der Waals surface area contributed by atoms with Crippen LogP contribution in [0.3, 0.4) is 0 Å². The third kappa shape index (κ3) is 6.33. The quantitative estimate of drug-likeness (QED) is 0.216. The Kier molecular flexibility index (Phi) is 7.87. The van der Waals surface area contributed by atoms with Crippen LogP contribution in [0.5, 0.6) is 0 Å². The summed E-state index contributed by atoms with van der Waals surface area (Å²) in [6, 6.07) is 16.3. The summed E-state index contributed by atoms with van der Waals surface area (Å²) in [5, 5.41) is 24.8. The number of amides is 2. The predicted octanol–water partition coefficient (Wildman–Crippen LogP) is 5.32. The fraction of sp³-hybridized carbons (Fsp3) is 0.0870. The molecule has 0 aromatic heterocycles. The number of non-ortho nitro benzene ring substituents is 1. The van der Waals surface area contributed by atoms with Crippen LogP contribution in [0.2, 0.25) is 5.02 Å². The number of nitro groups is 1. The number of rotatable bonds is 8. The summed E-state index contributed by atoms with van der Waals surface area (Å²) >= 11 is 7.13. The summed E-state index contributed by atoms with van der Waals surface area (Å²) in [6.07, 6.45) is 0. The second-order valence-electron chi connectivity index (χ2n) is 7.03. The molecule has 1 unspecified atom stereocenters. The van der Waals surface area contributed by atoms with Crippen LogP contribution in [0.1, 0.15) is 27.6 Å². The van der Waals surface area contributed by atoms with E-state index in [0.717, 1.165) is 4.90 Å². The fourth-order valence-electron chi connectivity index (χ4n) is 2.82. The Labute approximate surface area is 203 Å². The highest BCUT2D eigenvalue weighted by atomic mass is 35.5. The minimum absolute atomic E-state index is 0.0775. The van der Waals surface area contributed by atoms with Gasteiger partial charge in [0, 0.05) is 34.0 Å². The number of nitrogens with one attached hydrogen (secondary N) is 2. The molecule has 34 heavy (non-hydrogen) atoms. The molecular weight excluding hydrogens is 482 g/mol. The molecule has 1 atom stereocenters. The predicted molar refractivity (Wildman–Crippen MR) is 130 cm³/mol. The van der Waals surface area contributed by atoms with Gasteiger partial charge in [0.05, 0.1) is 20.8 Å². The van der Waals surface area contributed by atoms with E-state index in [2.05, 4.69) is 10.6 Å². The van der Waals surface area contributed by atoms with E-state index in [4.69, 9.17) is 16.7 Å². The van der Waals surface area contributed by atoms with E-state index in [0.29, 0.717) is 11.4 Å². The van der Waals surface area contributed by atoms with E-state index in [1.54, 1.807) is 31.2 Å². The van der Waals surface area contributed by atoms with Gasteiger partial charge in [0.2, 0.25) is 5.91 Å². The van der Waals surface area contributed by atoms with Crippen molar-refractivity contribution >= 4 is 58.2 Å². The summed E-state index contributed by atoms with van der Waals surface area (Å²) in [5.74, 6) is -1.92. The van der Waals surface area contributed by atoms with Gasteiger partial charge in [0.25, 0.3) is 11.6 Å². The largest absolute Gasteiger partial charge is 0.478 e. The molecule has 3 rings (SSSR count). The highest BCUT2D eigenvalue weighted by molar-refractivity contribution is 8.00. The number of hydrogen-bond acceptors (Lipinski definition) is 6. The second kappa shape index (κ2) is 10.8. The van der Waals surface area contributed by atoms with E-state index >= 15 is 0 Å². The number of carboxylic acid groups (broad SMARTS) is 1. The number of aromatic carboxylic acids is 1. The Hall–Kier alpha value is -3.89. The third-order valence-corrected chi connectivity index (χ3v) is 6.04. The molecule has 0 saturated heterocycles. The van der Waals surface area contributed by atoms with Gasteiger partial charge in [0.1, 0.15) is 0 Å². The zero-order valence-corrected chi connectivity index (χ0v) is 19.2. The summed E-state index contributed by atoms with van der Waals surface area (Å²) < 4.78 is 0. The van der Waals surface area contributed by atoms with E-state index < -0.39 is 22.0 Å². The Morgan fingerprint density at radius 1 is 0.971 bits per heavy atom. The van der Waals surface area contributed by atoms with Gasteiger partial charge in [0.15, 0.2) is 0 Å². The van der Waals surface area contributed by atoms with Gasteiger partial charge in [-0.05, 0) is 61.5 Å². The topological polar surface area (TPSA) is 139 Å². The number of hydrogen-bond donors (Lipinski definition) is 3. The number of anilines is 2. The van der Waals surface area contributed by atoms with Crippen molar-refractivity contribution in [1.29, 1.82) is 0 Å². The summed E-state index contributed by atoms with van der Waals surface area (Å²) in [6.45, 7) is 1.71. The van der Waals surface area contributed by atoms with Crippen LogP contribution in [0.15, 0.2) is 71.6 Å². The number of thioether (sulfide) groups is 1. The molecule has 0 radical (unpaired) electrons. The van der Waals surface area contributed by atoms with Crippen LogP contribution < -0.4 is 10.6 Å². The number of carbonyl (C=O) groups excluding carboxylic acids is 2. The van der Waals surface area contributed by atoms with Gasteiger partial charge in [-0.3, -0.25) is 19.7 Å². The Morgan fingerprint density at radius 3 is 2.18 bits per heavy atom. The fourth-order valence-corrected chi connectivity index (χ4v) is 3.89. The molecule has 3 aromatic rings.